The number of amides is 1. The van der Waals surface area contributed by atoms with E-state index in [4.69, 9.17) is 4.74 Å². The van der Waals surface area contributed by atoms with Crippen molar-refractivity contribution in [2.75, 3.05) is 27.2 Å². The van der Waals surface area contributed by atoms with E-state index in [-0.39, 0.29) is 18.6 Å². The smallest absolute Gasteiger partial charge is 0.260 e. The van der Waals surface area contributed by atoms with Crippen LogP contribution in [0.15, 0.2) is 84.5 Å². The lowest BCUT2D eigenvalue weighted by molar-refractivity contribution is -0.132. The van der Waals surface area contributed by atoms with Crippen molar-refractivity contribution in [1.29, 1.82) is 0 Å². The monoisotopic (exact) mass is 500 g/mol. The van der Waals surface area contributed by atoms with Crippen molar-refractivity contribution in [1.82, 2.24) is 19.8 Å². The molecule has 0 saturated heterocycles. The Morgan fingerprint density at radius 1 is 1.00 bits per heavy atom. The lowest BCUT2D eigenvalue weighted by atomic mass is 10.1. The minimum Gasteiger partial charge on any atom is -0.483 e. The summed E-state index contributed by atoms with van der Waals surface area (Å²) in [5.74, 6) is 1.31. The van der Waals surface area contributed by atoms with Gasteiger partial charge in [0.15, 0.2) is 12.4 Å². The Hall–Kier alpha value is -3.55. The lowest BCUT2D eigenvalue weighted by Crippen LogP contribution is -2.33. The van der Waals surface area contributed by atoms with E-state index < -0.39 is 0 Å². The van der Waals surface area contributed by atoms with Crippen molar-refractivity contribution >= 4 is 17.2 Å². The standard InChI is InChI=1S/C29H32N4O2S/c1-22(27-11-7-18-36-27)33(3)20-25-19-24(29-30-15-8-16-31-29)12-13-26(25)35-21-28(34)32(2)17-14-23-9-5-4-6-10-23/h4-13,15-16,18-19,22H,14,17,20-21H2,1-3H3. The van der Waals surface area contributed by atoms with Crippen molar-refractivity contribution in [3.63, 3.8) is 0 Å². The fourth-order valence-electron chi connectivity index (χ4n) is 3.90. The van der Waals surface area contributed by atoms with E-state index in [9.17, 15) is 4.79 Å². The van der Waals surface area contributed by atoms with E-state index in [1.54, 1.807) is 34.7 Å². The number of carbonyl (C=O) groups excluding carboxylic acids is 1. The highest BCUT2D eigenvalue weighted by molar-refractivity contribution is 7.10. The fourth-order valence-corrected chi connectivity index (χ4v) is 4.75. The molecule has 0 saturated carbocycles. The third-order valence-electron chi connectivity index (χ3n) is 6.28. The van der Waals surface area contributed by atoms with Gasteiger partial charge in [-0.25, -0.2) is 9.97 Å². The van der Waals surface area contributed by atoms with E-state index in [0.29, 0.717) is 24.7 Å². The zero-order valence-corrected chi connectivity index (χ0v) is 21.8. The molecule has 2 heterocycles. The largest absolute Gasteiger partial charge is 0.483 e. The molecule has 1 atom stereocenters. The van der Waals surface area contributed by atoms with Crippen LogP contribution < -0.4 is 4.74 Å². The van der Waals surface area contributed by atoms with Crippen LogP contribution in [-0.4, -0.2) is 52.9 Å². The molecule has 2 aromatic carbocycles. The maximum Gasteiger partial charge on any atom is 0.260 e. The van der Waals surface area contributed by atoms with E-state index in [1.165, 1.54) is 10.4 Å². The molecule has 0 spiro atoms. The van der Waals surface area contributed by atoms with Crippen LogP contribution in [0.2, 0.25) is 0 Å². The van der Waals surface area contributed by atoms with Crippen molar-refractivity contribution in [2.24, 2.45) is 0 Å². The minimum absolute atomic E-state index is 0.0103. The first-order valence-electron chi connectivity index (χ1n) is 12.1. The van der Waals surface area contributed by atoms with Gasteiger partial charge in [0.25, 0.3) is 5.91 Å². The Bertz CT molecular complexity index is 1230. The second kappa shape index (κ2) is 12.4. The van der Waals surface area contributed by atoms with Crippen LogP contribution in [0.4, 0.5) is 0 Å². The summed E-state index contributed by atoms with van der Waals surface area (Å²) in [5.41, 5.74) is 3.12. The summed E-state index contributed by atoms with van der Waals surface area (Å²) in [4.78, 5) is 26.9. The second-order valence-electron chi connectivity index (χ2n) is 8.84. The van der Waals surface area contributed by atoms with Gasteiger partial charge in [0, 0.05) is 54.6 Å². The van der Waals surface area contributed by atoms with Crippen molar-refractivity contribution < 1.29 is 9.53 Å². The number of ether oxygens (including phenoxy) is 1. The zero-order valence-electron chi connectivity index (χ0n) is 21.0. The number of rotatable bonds is 11. The number of carbonyl (C=O) groups is 1. The predicted octanol–water partition coefficient (Wildman–Crippen LogP) is 5.48. The summed E-state index contributed by atoms with van der Waals surface area (Å²) in [5, 5.41) is 2.10. The molecule has 6 nitrogen and oxygen atoms in total. The molecule has 4 aromatic rings. The molecule has 0 radical (unpaired) electrons. The van der Waals surface area contributed by atoms with Crippen LogP contribution in [-0.2, 0) is 17.8 Å². The number of nitrogens with zero attached hydrogens (tertiary/aromatic N) is 4. The molecule has 0 aliphatic carbocycles. The van der Waals surface area contributed by atoms with E-state index >= 15 is 0 Å². The SMILES string of the molecule is CC(c1cccs1)N(C)Cc1cc(-c2ncccn2)ccc1OCC(=O)N(C)CCc1ccccc1. The molecule has 186 valence electrons. The molecule has 7 heteroatoms. The molecule has 0 N–H and O–H groups in total. The third kappa shape index (κ3) is 6.77. The van der Waals surface area contributed by atoms with Gasteiger partial charge < -0.3 is 9.64 Å². The Balaban J connectivity index is 1.46. The second-order valence-corrected chi connectivity index (χ2v) is 9.82. The van der Waals surface area contributed by atoms with Gasteiger partial charge in [0.1, 0.15) is 5.75 Å². The number of hydrogen-bond donors (Lipinski definition) is 0. The molecule has 4 rings (SSSR count). The van der Waals surface area contributed by atoms with Gasteiger partial charge in [-0.3, -0.25) is 9.69 Å². The topological polar surface area (TPSA) is 58.6 Å². The maximum absolute atomic E-state index is 12.8. The molecule has 2 aromatic heterocycles. The number of thiophene rings is 1. The van der Waals surface area contributed by atoms with Gasteiger partial charge in [-0.15, -0.1) is 11.3 Å². The summed E-state index contributed by atoms with van der Waals surface area (Å²) >= 11 is 1.75. The molecule has 0 aliphatic heterocycles. The third-order valence-corrected chi connectivity index (χ3v) is 7.32. The summed E-state index contributed by atoms with van der Waals surface area (Å²) in [6.07, 6.45) is 4.29. The van der Waals surface area contributed by atoms with Crippen molar-refractivity contribution in [3.05, 3.63) is 101 Å². The van der Waals surface area contributed by atoms with Gasteiger partial charge in [-0.05, 0) is 61.7 Å². The van der Waals surface area contributed by atoms with Crippen LogP contribution in [0.5, 0.6) is 5.75 Å². The predicted molar refractivity (Wildman–Crippen MR) is 145 cm³/mol. The van der Waals surface area contributed by atoms with E-state index in [0.717, 1.165) is 17.5 Å². The number of hydrogen-bond acceptors (Lipinski definition) is 6. The highest BCUT2D eigenvalue weighted by Crippen LogP contribution is 2.30. The maximum atomic E-state index is 12.8. The molecule has 36 heavy (non-hydrogen) atoms. The first kappa shape index (κ1) is 25.5. The van der Waals surface area contributed by atoms with Gasteiger partial charge in [-0.2, -0.15) is 0 Å². The molecule has 0 bridgehead atoms. The highest BCUT2D eigenvalue weighted by atomic mass is 32.1. The summed E-state index contributed by atoms with van der Waals surface area (Å²) in [7, 11) is 3.92. The van der Waals surface area contributed by atoms with Crippen LogP contribution in [0.3, 0.4) is 0 Å². The van der Waals surface area contributed by atoms with Gasteiger partial charge in [0.05, 0.1) is 0 Å². The summed E-state index contributed by atoms with van der Waals surface area (Å²) < 4.78 is 6.08. The quantitative estimate of drug-likeness (QED) is 0.273. The lowest BCUT2D eigenvalue weighted by Gasteiger charge is -2.25. The summed E-state index contributed by atoms with van der Waals surface area (Å²) in [6, 6.07) is 22.4. The van der Waals surface area contributed by atoms with Crippen LogP contribution >= 0.6 is 11.3 Å². The average Bonchev–Trinajstić information content (AvgIpc) is 3.46. The first-order chi connectivity index (χ1) is 17.5. The van der Waals surface area contributed by atoms with Crippen LogP contribution in [0, 0.1) is 0 Å². The number of likely N-dealkylation sites (N-methyl/N-ethyl adjacent to an activating group) is 1. The summed E-state index contributed by atoms with van der Waals surface area (Å²) in [6.45, 7) is 3.49. The van der Waals surface area contributed by atoms with Crippen LogP contribution in [0.25, 0.3) is 11.4 Å². The first-order valence-corrected chi connectivity index (χ1v) is 12.9. The fraction of sp³-hybridized carbons (Fsp3) is 0.276. The van der Waals surface area contributed by atoms with Crippen molar-refractivity contribution in [2.45, 2.75) is 25.9 Å². The van der Waals surface area contributed by atoms with Gasteiger partial charge >= 0.3 is 0 Å². The average molecular weight is 501 g/mol. The Labute approximate surface area is 217 Å². The molecule has 0 aliphatic rings. The minimum atomic E-state index is -0.0485. The molecule has 1 unspecified atom stereocenters. The Morgan fingerprint density at radius 2 is 1.78 bits per heavy atom. The Kier molecular flexibility index (Phi) is 8.81. The van der Waals surface area contributed by atoms with Gasteiger partial charge in [0.2, 0.25) is 0 Å². The molecule has 0 fully saturated rings. The normalized spacial score (nSPS) is 11.9. The highest BCUT2D eigenvalue weighted by Gasteiger charge is 2.18. The number of aromatic nitrogens is 2. The van der Waals surface area contributed by atoms with Crippen molar-refractivity contribution in [3.8, 4) is 17.1 Å². The van der Waals surface area contributed by atoms with E-state index in [2.05, 4.69) is 64.6 Å². The molecular formula is C29H32N4O2S. The van der Waals surface area contributed by atoms with Gasteiger partial charge in [-0.1, -0.05) is 36.4 Å². The molecule has 1 amide bonds. The number of benzene rings is 2. The van der Waals surface area contributed by atoms with E-state index in [1.807, 2.05) is 37.4 Å². The Morgan fingerprint density at radius 3 is 2.50 bits per heavy atom. The molecular weight excluding hydrogens is 468 g/mol. The van der Waals surface area contributed by atoms with Crippen LogP contribution in [0.1, 0.15) is 29.0 Å². The zero-order chi connectivity index (χ0) is 25.3.